The van der Waals surface area contributed by atoms with Gasteiger partial charge in [0.05, 0.1) is 5.39 Å². The third kappa shape index (κ3) is 1.48. The van der Waals surface area contributed by atoms with Crippen molar-refractivity contribution in [3.63, 3.8) is 0 Å². The van der Waals surface area contributed by atoms with Crippen LogP contribution in [0, 0.1) is 6.92 Å². The number of phenols is 1. The lowest BCUT2D eigenvalue weighted by Crippen LogP contribution is -2.14. The van der Waals surface area contributed by atoms with E-state index in [9.17, 15) is 14.7 Å². The molecule has 0 amide bonds. The average molecular weight is 218 g/mol. The molecule has 1 aromatic heterocycles. The van der Waals surface area contributed by atoms with Crippen LogP contribution >= 0.6 is 0 Å². The number of hydrogen-bond donors (Lipinski definition) is 1. The summed E-state index contributed by atoms with van der Waals surface area (Å²) in [5.74, 6) is -0.0645. The molecule has 82 valence electrons. The zero-order valence-corrected chi connectivity index (χ0v) is 8.90. The number of fused-ring (bicyclic) bond motifs is 1. The number of carbonyl (C=O) groups excluding carboxylic acids is 1. The average Bonchev–Trinajstić information content (AvgIpc) is 2.19. The van der Waals surface area contributed by atoms with Crippen molar-refractivity contribution in [2.24, 2.45) is 0 Å². The Labute approximate surface area is 91.1 Å². The van der Waals surface area contributed by atoms with Crippen molar-refractivity contribution in [3.8, 4) is 5.75 Å². The quantitative estimate of drug-likeness (QED) is 0.743. The predicted molar refractivity (Wildman–Crippen MR) is 58.9 cm³/mol. The van der Waals surface area contributed by atoms with Crippen molar-refractivity contribution in [2.45, 2.75) is 13.8 Å². The molecule has 2 rings (SSSR count). The van der Waals surface area contributed by atoms with Gasteiger partial charge in [0.1, 0.15) is 22.7 Å². The zero-order valence-electron chi connectivity index (χ0n) is 8.90. The SMILES string of the molecule is CC(=O)c1c(C)oc2ccc(O)cc2c1=O. The maximum Gasteiger partial charge on any atom is 0.203 e. The number of aromatic hydroxyl groups is 1. The van der Waals surface area contributed by atoms with Crippen LogP contribution in [-0.4, -0.2) is 10.9 Å². The lowest BCUT2D eigenvalue weighted by Gasteiger charge is -2.03. The second-order valence-electron chi connectivity index (χ2n) is 3.60. The van der Waals surface area contributed by atoms with E-state index in [1.165, 1.54) is 25.1 Å². The smallest absolute Gasteiger partial charge is 0.203 e. The first kappa shape index (κ1) is 10.4. The molecule has 1 aromatic carbocycles. The van der Waals surface area contributed by atoms with Gasteiger partial charge in [0, 0.05) is 0 Å². The number of carbonyl (C=O) groups is 1. The van der Waals surface area contributed by atoms with Gasteiger partial charge in [0.15, 0.2) is 5.78 Å². The van der Waals surface area contributed by atoms with Crippen LogP contribution in [0.25, 0.3) is 11.0 Å². The minimum absolute atomic E-state index is 0.0295. The van der Waals surface area contributed by atoms with Gasteiger partial charge in [-0.3, -0.25) is 9.59 Å². The van der Waals surface area contributed by atoms with Crippen LogP contribution in [0.2, 0.25) is 0 Å². The van der Waals surface area contributed by atoms with Gasteiger partial charge >= 0.3 is 0 Å². The first-order chi connectivity index (χ1) is 7.50. The Hall–Kier alpha value is -2.10. The highest BCUT2D eigenvalue weighted by atomic mass is 16.3. The summed E-state index contributed by atoms with van der Waals surface area (Å²) in [7, 11) is 0. The summed E-state index contributed by atoms with van der Waals surface area (Å²) in [6, 6.07) is 4.23. The molecule has 16 heavy (non-hydrogen) atoms. The van der Waals surface area contributed by atoms with E-state index < -0.39 is 5.43 Å². The standard InChI is InChI=1S/C12H10O4/c1-6(13)11-7(2)16-10-4-3-8(14)5-9(10)12(11)15/h3-5,14H,1-2H3. The minimum Gasteiger partial charge on any atom is -0.508 e. The Kier molecular flexibility index (Phi) is 2.27. The number of hydrogen-bond acceptors (Lipinski definition) is 4. The molecule has 0 radical (unpaired) electrons. The molecular formula is C12H10O4. The fraction of sp³-hybridized carbons (Fsp3) is 0.167. The molecule has 4 nitrogen and oxygen atoms in total. The normalized spacial score (nSPS) is 10.6. The highest BCUT2D eigenvalue weighted by Gasteiger charge is 2.15. The van der Waals surface area contributed by atoms with E-state index in [0.29, 0.717) is 11.3 Å². The van der Waals surface area contributed by atoms with Crippen molar-refractivity contribution in [2.75, 3.05) is 0 Å². The molecule has 0 saturated heterocycles. The van der Waals surface area contributed by atoms with Crippen LogP contribution in [0.15, 0.2) is 27.4 Å². The summed E-state index contributed by atoms with van der Waals surface area (Å²) >= 11 is 0. The molecule has 0 spiro atoms. The van der Waals surface area contributed by atoms with Crippen molar-refractivity contribution < 1.29 is 14.3 Å². The molecule has 0 aliphatic rings. The van der Waals surface area contributed by atoms with Gasteiger partial charge in [-0.25, -0.2) is 0 Å². The number of rotatable bonds is 1. The van der Waals surface area contributed by atoms with Crippen molar-refractivity contribution in [3.05, 3.63) is 39.7 Å². The maximum atomic E-state index is 12.0. The van der Waals surface area contributed by atoms with E-state index in [-0.39, 0.29) is 22.5 Å². The summed E-state index contributed by atoms with van der Waals surface area (Å²) in [4.78, 5) is 23.2. The maximum absolute atomic E-state index is 12.0. The molecule has 1 heterocycles. The third-order valence-corrected chi connectivity index (χ3v) is 2.40. The summed E-state index contributed by atoms with van der Waals surface area (Å²) in [6.45, 7) is 2.89. The van der Waals surface area contributed by atoms with Crippen LogP contribution in [0.1, 0.15) is 23.0 Å². The largest absolute Gasteiger partial charge is 0.508 e. The van der Waals surface area contributed by atoms with E-state index in [1.54, 1.807) is 6.92 Å². The number of aryl methyl sites for hydroxylation is 1. The molecular weight excluding hydrogens is 208 g/mol. The zero-order chi connectivity index (χ0) is 11.9. The first-order valence-corrected chi connectivity index (χ1v) is 4.78. The molecule has 0 bridgehead atoms. The second-order valence-corrected chi connectivity index (χ2v) is 3.60. The molecule has 0 unspecified atom stereocenters. The van der Waals surface area contributed by atoms with Crippen molar-refractivity contribution >= 4 is 16.8 Å². The molecule has 1 N–H and O–H groups in total. The van der Waals surface area contributed by atoms with Gasteiger partial charge in [-0.1, -0.05) is 0 Å². The van der Waals surface area contributed by atoms with E-state index in [4.69, 9.17) is 4.42 Å². The van der Waals surface area contributed by atoms with Gasteiger partial charge in [-0.2, -0.15) is 0 Å². The molecule has 2 aromatic rings. The third-order valence-electron chi connectivity index (χ3n) is 2.40. The van der Waals surface area contributed by atoms with Crippen LogP contribution in [-0.2, 0) is 0 Å². The van der Waals surface area contributed by atoms with Crippen molar-refractivity contribution in [1.82, 2.24) is 0 Å². The Balaban J connectivity index is 2.96. The number of ketones is 1. The topological polar surface area (TPSA) is 67.5 Å². The minimum atomic E-state index is -0.401. The summed E-state index contributed by atoms with van der Waals surface area (Å²) in [6.07, 6.45) is 0. The molecule has 0 saturated carbocycles. The van der Waals surface area contributed by atoms with Gasteiger partial charge in [-0.05, 0) is 32.0 Å². The van der Waals surface area contributed by atoms with Crippen LogP contribution in [0.5, 0.6) is 5.75 Å². The summed E-state index contributed by atoms with van der Waals surface area (Å²) in [5.41, 5.74) is 0.00514. The van der Waals surface area contributed by atoms with Crippen molar-refractivity contribution in [1.29, 1.82) is 0 Å². The summed E-state index contributed by atoms with van der Waals surface area (Å²) in [5, 5.41) is 9.51. The summed E-state index contributed by atoms with van der Waals surface area (Å²) < 4.78 is 5.36. The Morgan fingerprint density at radius 2 is 2.06 bits per heavy atom. The lowest BCUT2D eigenvalue weighted by molar-refractivity contribution is 0.101. The molecule has 0 atom stereocenters. The molecule has 0 fully saturated rings. The Morgan fingerprint density at radius 1 is 1.38 bits per heavy atom. The van der Waals surface area contributed by atoms with Gasteiger partial charge in [0.25, 0.3) is 0 Å². The highest BCUT2D eigenvalue weighted by molar-refractivity contribution is 5.97. The fourth-order valence-corrected chi connectivity index (χ4v) is 1.70. The van der Waals surface area contributed by atoms with Gasteiger partial charge in [-0.15, -0.1) is 0 Å². The molecule has 4 heteroatoms. The lowest BCUT2D eigenvalue weighted by atomic mass is 10.1. The van der Waals surface area contributed by atoms with E-state index in [0.717, 1.165) is 0 Å². The van der Waals surface area contributed by atoms with Gasteiger partial charge in [0.2, 0.25) is 5.43 Å². The Bertz CT molecular complexity index is 637. The number of benzene rings is 1. The Morgan fingerprint density at radius 3 is 2.69 bits per heavy atom. The highest BCUT2D eigenvalue weighted by Crippen LogP contribution is 2.19. The van der Waals surface area contributed by atoms with E-state index in [1.807, 2.05) is 0 Å². The number of phenolic OH excluding ortho intramolecular Hbond substituents is 1. The second kappa shape index (κ2) is 3.48. The predicted octanol–water partition coefficient (Wildman–Crippen LogP) is 2.01. The van der Waals surface area contributed by atoms with Gasteiger partial charge < -0.3 is 9.52 Å². The monoisotopic (exact) mass is 218 g/mol. The van der Waals surface area contributed by atoms with Crippen LogP contribution in [0.4, 0.5) is 0 Å². The number of Topliss-reactive ketones (excluding diaryl/α,β-unsaturated/α-hetero) is 1. The molecule has 0 aliphatic heterocycles. The van der Waals surface area contributed by atoms with E-state index in [2.05, 4.69) is 0 Å². The fourth-order valence-electron chi connectivity index (χ4n) is 1.70. The molecule has 0 aliphatic carbocycles. The van der Waals surface area contributed by atoms with Crippen LogP contribution < -0.4 is 5.43 Å². The van der Waals surface area contributed by atoms with Crippen LogP contribution in [0.3, 0.4) is 0 Å². The first-order valence-electron chi connectivity index (χ1n) is 4.78. The van der Waals surface area contributed by atoms with E-state index >= 15 is 0 Å².